The minimum absolute atomic E-state index is 0.00484. The molecule has 0 bridgehead atoms. The fraction of sp³-hybridized carbons (Fsp3) is 0.200. The van der Waals surface area contributed by atoms with Gasteiger partial charge in [0.2, 0.25) is 0 Å². The molecule has 2 atom stereocenters. The van der Waals surface area contributed by atoms with Crippen LogP contribution in [-0.4, -0.2) is 76.5 Å². The largest absolute Gasteiger partial charge is 0.550 e. The molecule has 0 N–H and O–H groups in total. The van der Waals surface area contributed by atoms with E-state index < -0.39 is 78.9 Å². The van der Waals surface area contributed by atoms with Crippen molar-refractivity contribution in [3.8, 4) is 0 Å². The lowest BCUT2D eigenvalue weighted by molar-refractivity contribution is -0.312. The third-order valence-corrected chi connectivity index (χ3v) is 9.34. The molecule has 2 aliphatic rings. The monoisotopic (exact) mass is 661 g/mol. The van der Waals surface area contributed by atoms with Crippen LogP contribution in [0.5, 0.6) is 0 Å². The molecular formula is C35H21N2O12-3. The van der Waals surface area contributed by atoms with E-state index in [2.05, 4.69) is 4.74 Å². The molecule has 5 aromatic rings. The van der Waals surface area contributed by atoms with Gasteiger partial charge in [-0.15, -0.1) is 0 Å². The minimum atomic E-state index is -1.86. The number of carboxylic acids is 3. The molecule has 0 aromatic heterocycles. The number of ether oxygens (including phenoxy) is 1. The van der Waals surface area contributed by atoms with Crippen LogP contribution in [0.1, 0.15) is 67.1 Å². The molecular weight excluding hydrogens is 640 g/mol. The maximum atomic E-state index is 13.8. The SMILES string of the molecule is COC(=O)CC[C@H](C(=O)[O-])N1C(=O)c2ccc3c4ccc5c6c(ccc(c7ccc(c2c37)C1=O)c64)C(=O)N([C@H](CCC(=O)[O-])C(=O)[O-])C5=O. The number of hydrogen-bond donors (Lipinski definition) is 0. The number of fused-ring (bicyclic) bond motifs is 2. The molecule has 49 heavy (non-hydrogen) atoms. The zero-order valence-corrected chi connectivity index (χ0v) is 25.4. The highest BCUT2D eigenvalue weighted by atomic mass is 16.5. The van der Waals surface area contributed by atoms with Crippen LogP contribution >= 0.6 is 0 Å². The summed E-state index contributed by atoms with van der Waals surface area (Å²) in [6, 6.07) is 8.51. The molecule has 2 heterocycles. The summed E-state index contributed by atoms with van der Waals surface area (Å²) in [6.07, 6.45) is -2.14. The van der Waals surface area contributed by atoms with E-state index in [0.29, 0.717) is 42.1 Å². The Morgan fingerprint density at radius 2 is 0.878 bits per heavy atom. The highest BCUT2D eigenvalue weighted by Gasteiger charge is 2.41. The van der Waals surface area contributed by atoms with Crippen LogP contribution in [0.25, 0.3) is 43.1 Å². The smallest absolute Gasteiger partial charge is 0.305 e. The molecule has 0 unspecified atom stereocenters. The molecule has 246 valence electrons. The Hall–Kier alpha value is -6.44. The van der Waals surface area contributed by atoms with E-state index >= 15 is 0 Å². The molecule has 0 radical (unpaired) electrons. The fourth-order valence-corrected chi connectivity index (χ4v) is 7.19. The first-order chi connectivity index (χ1) is 23.4. The van der Waals surface area contributed by atoms with E-state index in [9.17, 15) is 53.7 Å². The second-order valence-corrected chi connectivity index (χ2v) is 11.8. The van der Waals surface area contributed by atoms with Crippen LogP contribution in [-0.2, 0) is 23.9 Å². The van der Waals surface area contributed by atoms with Gasteiger partial charge in [0, 0.05) is 45.4 Å². The normalized spacial score (nSPS) is 15.4. The summed E-state index contributed by atoms with van der Waals surface area (Å²) in [5.41, 5.74) is 0.0920. The zero-order valence-electron chi connectivity index (χ0n) is 25.4. The molecule has 0 spiro atoms. The second-order valence-electron chi connectivity index (χ2n) is 11.8. The summed E-state index contributed by atoms with van der Waals surface area (Å²) in [5, 5.41) is 38.8. The van der Waals surface area contributed by atoms with E-state index in [1.807, 2.05) is 0 Å². The first kappa shape index (κ1) is 31.2. The number of esters is 1. The summed E-state index contributed by atoms with van der Waals surface area (Å²) in [7, 11) is 1.12. The average molecular weight is 662 g/mol. The lowest BCUT2D eigenvalue weighted by Crippen LogP contribution is -2.55. The molecule has 2 aliphatic heterocycles. The Bertz CT molecular complexity index is 2280. The van der Waals surface area contributed by atoms with Crippen LogP contribution in [0.3, 0.4) is 0 Å². The Morgan fingerprint density at radius 1 is 0.551 bits per heavy atom. The third kappa shape index (κ3) is 4.40. The van der Waals surface area contributed by atoms with Gasteiger partial charge in [0.1, 0.15) is 0 Å². The van der Waals surface area contributed by atoms with Crippen molar-refractivity contribution in [2.24, 2.45) is 0 Å². The van der Waals surface area contributed by atoms with Gasteiger partial charge in [0.15, 0.2) is 0 Å². The quantitative estimate of drug-likeness (QED) is 0.0811. The topological polar surface area (TPSA) is 221 Å². The second kappa shape index (κ2) is 11.1. The molecule has 0 aliphatic carbocycles. The number of rotatable bonds is 10. The van der Waals surface area contributed by atoms with Crippen LogP contribution in [0.15, 0.2) is 48.5 Å². The van der Waals surface area contributed by atoms with E-state index in [1.54, 1.807) is 24.3 Å². The Morgan fingerprint density at radius 3 is 1.16 bits per heavy atom. The summed E-state index contributed by atoms with van der Waals surface area (Å²) in [6.45, 7) is 0. The molecule has 4 amide bonds. The first-order valence-corrected chi connectivity index (χ1v) is 15.0. The maximum Gasteiger partial charge on any atom is 0.305 e. The van der Waals surface area contributed by atoms with Crippen molar-refractivity contribution in [1.82, 2.24) is 9.80 Å². The van der Waals surface area contributed by atoms with Crippen molar-refractivity contribution in [1.29, 1.82) is 0 Å². The lowest BCUT2D eigenvalue weighted by Gasteiger charge is -2.35. The predicted octanol–water partition coefficient (Wildman–Crippen LogP) is -0.350. The molecule has 0 saturated carbocycles. The van der Waals surface area contributed by atoms with Crippen molar-refractivity contribution in [2.45, 2.75) is 37.8 Å². The number of aliphatic carboxylic acids is 3. The zero-order chi connectivity index (χ0) is 35.0. The van der Waals surface area contributed by atoms with Crippen molar-refractivity contribution in [3.63, 3.8) is 0 Å². The number of imide groups is 2. The van der Waals surface area contributed by atoms with Gasteiger partial charge in [-0.05, 0) is 75.8 Å². The number of benzene rings is 5. The van der Waals surface area contributed by atoms with Crippen molar-refractivity contribution in [2.75, 3.05) is 7.11 Å². The Balaban J connectivity index is 1.42. The van der Waals surface area contributed by atoms with Crippen molar-refractivity contribution < 1.29 is 58.4 Å². The number of carbonyl (C=O) groups is 8. The van der Waals surface area contributed by atoms with Crippen molar-refractivity contribution >= 4 is 90.6 Å². The third-order valence-electron chi connectivity index (χ3n) is 9.34. The van der Waals surface area contributed by atoms with Crippen molar-refractivity contribution in [3.05, 3.63) is 70.8 Å². The molecule has 0 saturated heterocycles. The van der Waals surface area contributed by atoms with Gasteiger partial charge in [0.25, 0.3) is 23.6 Å². The molecule has 5 aromatic carbocycles. The summed E-state index contributed by atoms with van der Waals surface area (Å²) >= 11 is 0. The van der Waals surface area contributed by atoms with Crippen LogP contribution < -0.4 is 15.3 Å². The van der Waals surface area contributed by atoms with Gasteiger partial charge in [-0.2, -0.15) is 0 Å². The predicted molar refractivity (Wildman–Crippen MR) is 162 cm³/mol. The Kier molecular flexibility index (Phi) is 7.05. The number of carbonyl (C=O) groups excluding carboxylic acids is 8. The number of amides is 4. The Labute approximate surface area is 274 Å². The summed E-state index contributed by atoms with van der Waals surface area (Å²) < 4.78 is 4.57. The van der Waals surface area contributed by atoms with Gasteiger partial charge in [-0.1, -0.05) is 24.3 Å². The van der Waals surface area contributed by atoms with E-state index in [1.165, 1.54) is 24.3 Å². The van der Waals surface area contributed by atoms with E-state index in [-0.39, 0.29) is 39.4 Å². The van der Waals surface area contributed by atoms with Gasteiger partial charge in [-0.3, -0.25) is 33.8 Å². The van der Waals surface area contributed by atoms with Gasteiger partial charge < -0.3 is 34.4 Å². The van der Waals surface area contributed by atoms with Gasteiger partial charge in [0.05, 0.1) is 31.1 Å². The van der Waals surface area contributed by atoms with Gasteiger partial charge >= 0.3 is 5.97 Å². The number of hydrogen-bond acceptors (Lipinski definition) is 12. The van der Waals surface area contributed by atoms with Gasteiger partial charge in [-0.25, -0.2) is 0 Å². The summed E-state index contributed by atoms with van der Waals surface area (Å²) in [5.74, 6) is -9.50. The maximum absolute atomic E-state index is 13.8. The van der Waals surface area contributed by atoms with Crippen LogP contribution in [0, 0.1) is 0 Å². The van der Waals surface area contributed by atoms with Crippen LogP contribution in [0.2, 0.25) is 0 Å². The standard InChI is InChI=1S/C35H24N2O12/c1-49-25(40)13-11-23(35(47)48)37-32(43)20-8-4-16-14-2-6-18-28-19(31(42)36(30(18)41)22(34(45)46)10-12-24(38)39)7-3-15(26(14)28)17-5-9-21(33(37)44)29(20)27(16)17/h2-9,22-23H,10-13H2,1H3,(H,38,39)(H,45,46)(H,47,48)/p-3/t22-,23-/m1/s1. The average Bonchev–Trinajstić information content (AvgIpc) is 3.07. The lowest BCUT2D eigenvalue weighted by atomic mass is 9.82. The van der Waals surface area contributed by atoms with E-state index in [4.69, 9.17) is 0 Å². The number of methoxy groups -OCH3 is 1. The van der Waals surface area contributed by atoms with Crippen LogP contribution in [0.4, 0.5) is 0 Å². The minimum Gasteiger partial charge on any atom is -0.550 e. The number of carboxylic acid groups (broad SMARTS) is 3. The molecule has 14 nitrogen and oxygen atoms in total. The molecule has 7 rings (SSSR count). The van der Waals surface area contributed by atoms with E-state index in [0.717, 1.165) is 7.11 Å². The highest BCUT2D eigenvalue weighted by molar-refractivity contribution is 6.41. The number of nitrogens with zero attached hydrogens (tertiary/aromatic N) is 2. The molecule has 0 fully saturated rings. The summed E-state index contributed by atoms with van der Waals surface area (Å²) in [4.78, 5) is 103. The molecule has 14 heteroatoms. The fourth-order valence-electron chi connectivity index (χ4n) is 7.19. The first-order valence-electron chi connectivity index (χ1n) is 15.0. The highest BCUT2D eigenvalue weighted by Crippen LogP contribution is 2.46.